The number of alkyl halides is 2. The molecule has 1 amide bonds. The predicted octanol–water partition coefficient (Wildman–Crippen LogP) is 4.63. The van der Waals surface area contributed by atoms with Crippen LogP contribution in [0.25, 0.3) is 11.1 Å². The van der Waals surface area contributed by atoms with Crippen LogP contribution in [0.1, 0.15) is 24.5 Å². The fraction of sp³-hybridized carbons (Fsp3) is 0.240. The van der Waals surface area contributed by atoms with Crippen molar-refractivity contribution < 1.29 is 23.4 Å². The zero-order valence-corrected chi connectivity index (χ0v) is 17.7. The molecule has 7 heteroatoms. The van der Waals surface area contributed by atoms with Crippen LogP contribution < -0.4 is 15.8 Å². The van der Waals surface area contributed by atoms with Crippen molar-refractivity contribution in [1.82, 2.24) is 5.32 Å². The SMILES string of the molecule is CCC(N)C(F)(F)C(=O)NCc1ccc(-c2cc(O)cc(OCc3ccccc3)c2)cc1. The van der Waals surface area contributed by atoms with Gasteiger partial charge in [-0.3, -0.25) is 4.79 Å². The average molecular weight is 440 g/mol. The number of rotatable bonds is 9. The molecule has 32 heavy (non-hydrogen) atoms. The van der Waals surface area contributed by atoms with E-state index in [0.717, 1.165) is 16.7 Å². The number of aromatic hydroxyl groups is 1. The van der Waals surface area contributed by atoms with Crippen molar-refractivity contribution in [2.45, 2.75) is 38.5 Å². The van der Waals surface area contributed by atoms with Gasteiger partial charge in [-0.25, -0.2) is 0 Å². The van der Waals surface area contributed by atoms with Gasteiger partial charge in [-0.05, 0) is 40.8 Å². The third kappa shape index (κ3) is 5.82. The van der Waals surface area contributed by atoms with E-state index in [1.165, 1.54) is 13.0 Å². The second-order valence-electron chi connectivity index (χ2n) is 7.51. The number of hydrogen-bond donors (Lipinski definition) is 3. The number of phenolic OH excluding ortho intramolecular Hbond substituents is 1. The Morgan fingerprint density at radius 1 is 1.03 bits per heavy atom. The van der Waals surface area contributed by atoms with E-state index in [9.17, 15) is 18.7 Å². The molecule has 0 bridgehead atoms. The quantitative estimate of drug-likeness (QED) is 0.453. The summed E-state index contributed by atoms with van der Waals surface area (Å²) in [5.74, 6) is -4.41. The van der Waals surface area contributed by atoms with Gasteiger partial charge in [0.15, 0.2) is 0 Å². The van der Waals surface area contributed by atoms with Gasteiger partial charge >= 0.3 is 5.92 Å². The molecule has 0 aromatic heterocycles. The molecule has 5 nitrogen and oxygen atoms in total. The summed E-state index contributed by atoms with van der Waals surface area (Å²) in [5.41, 5.74) is 8.55. The van der Waals surface area contributed by atoms with Crippen LogP contribution in [-0.2, 0) is 17.9 Å². The first-order valence-corrected chi connectivity index (χ1v) is 10.3. The molecule has 0 fully saturated rings. The molecule has 0 radical (unpaired) electrons. The fourth-order valence-corrected chi connectivity index (χ4v) is 3.11. The number of hydrogen-bond acceptors (Lipinski definition) is 4. The molecule has 3 aromatic carbocycles. The smallest absolute Gasteiger partial charge is 0.339 e. The maximum Gasteiger partial charge on any atom is 0.339 e. The lowest BCUT2D eigenvalue weighted by atomic mass is 10.0. The Balaban J connectivity index is 1.65. The van der Waals surface area contributed by atoms with E-state index in [2.05, 4.69) is 5.32 Å². The standard InChI is InChI=1S/C25H26F2N2O3/c1-2-23(28)25(26,27)24(31)29-15-17-8-10-19(11-9-17)20-12-21(30)14-22(13-20)32-16-18-6-4-3-5-7-18/h3-14,23,30H,2,15-16,28H2,1H3,(H,29,31). The maximum atomic E-state index is 13.9. The van der Waals surface area contributed by atoms with Gasteiger partial charge < -0.3 is 20.9 Å². The van der Waals surface area contributed by atoms with Crippen molar-refractivity contribution in [2.24, 2.45) is 5.73 Å². The Labute approximate surface area is 185 Å². The second kappa shape index (κ2) is 10.2. The van der Waals surface area contributed by atoms with Crippen molar-refractivity contribution in [2.75, 3.05) is 0 Å². The molecule has 3 aromatic rings. The first-order valence-electron chi connectivity index (χ1n) is 10.3. The molecule has 0 aliphatic rings. The summed E-state index contributed by atoms with van der Waals surface area (Å²) < 4.78 is 33.5. The average Bonchev–Trinajstić information content (AvgIpc) is 2.81. The van der Waals surface area contributed by atoms with Gasteiger partial charge in [0.05, 0.1) is 6.04 Å². The minimum Gasteiger partial charge on any atom is -0.508 e. The van der Waals surface area contributed by atoms with Crippen LogP contribution >= 0.6 is 0 Å². The van der Waals surface area contributed by atoms with Gasteiger partial charge in [0.25, 0.3) is 5.91 Å². The number of phenols is 1. The molecule has 1 unspecified atom stereocenters. The van der Waals surface area contributed by atoms with Crippen LogP contribution in [0.5, 0.6) is 11.5 Å². The Kier molecular flexibility index (Phi) is 7.43. The molecule has 0 spiro atoms. The summed E-state index contributed by atoms with van der Waals surface area (Å²) in [7, 11) is 0. The van der Waals surface area contributed by atoms with Gasteiger partial charge in [0, 0.05) is 12.6 Å². The predicted molar refractivity (Wildman–Crippen MR) is 119 cm³/mol. The van der Waals surface area contributed by atoms with E-state index < -0.39 is 17.9 Å². The highest BCUT2D eigenvalue weighted by Gasteiger charge is 2.44. The van der Waals surface area contributed by atoms with E-state index in [0.29, 0.717) is 17.9 Å². The van der Waals surface area contributed by atoms with Gasteiger partial charge in [-0.2, -0.15) is 8.78 Å². The number of carbonyl (C=O) groups is 1. The van der Waals surface area contributed by atoms with Gasteiger partial charge in [-0.1, -0.05) is 61.5 Å². The lowest BCUT2D eigenvalue weighted by Crippen LogP contribution is -2.51. The molecule has 0 saturated carbocycles. The first-order chi connectivity index (χ1) is 15.3. The minimum atomic E-state index is -3.62. The molecule has 0 saturated heterocycles. The summed E-state index contributed by atoms with van der Waals surface area (Å²) in [4.78, 5) is 11.8. The molecular weight excluding hydrogens is 414 g/mol. The molecule has 3 rings (SSSR count). The lowest BCUT2D eigenvalue weighted by Gasteiger charge is -2.21. The number of halogens is 2. The van der Waals surface area contributed by atoms with Crippen molar-refractivity contribution in [3.63, 3.8) is 0 Å². The van der Waals surface area contributed by atoms with Crippen LogP contribution in [0.3, 0.4) is 0 Å². The van der Waals surface area contributed by atoms with Crippen molar-refractivity contribution in [3.8, 4) is 22.6 Å². The highest BCUT2D eigenvalue weighted by atomic mass is 19.3. The van der Waals surface area contributed by atoms with Crippen molar-refractivity contribution in [3.05, 3.63) is 83.9 Å². The van der Waals surface area contributed by atoms with Crippen molar-refractivity contribution >= 4 is 5.91 Å². The monoisotopic (exact) mass is 440 g/mol. The van der Waals surface area contributed by atoms with E-state index in [-0.39, 0.29) is 18.7 Å². The molecule has 0 heterocycles. The van der Waals surface area contributed by atoms with E-state index in [1.54, 1.807) is 30.3 Å². The summed E-state index contributed by atoms with van der Waals surface area (Å²) in [5, 5.41) is 12.3. The van der Waals surface area contributed by atoms with Crippen LogP contribution in [-0.4, -0.2) is 23.0 Å². The maximum absolute atomic E-state index is 13.9. The summed E-state index contributed by atoms with van der Waals surface area (Å²) in [6.07, 6.45) is -0.00388. The summed E-state index contributed by atoms with van der Waals surface area (Å²) in [6.45, 7) is 1.83. The zero-order valence-electron chi connectivity index (χ0n) is 17.7. The van der Waals surface area contributed by atoms with Crippen LogP contribution in [0.15, 0.2) is 72.8 Å². The number of amides is 1. The number of nitrogens with two attached hydrogens (primary N) is 1. The van der Waals surface area contributed by atoms with Crippen LogP contribution in [0, 0.1) is 0 Å². The number of nitrogens with one attached hydrogen (secondary N) is 1. The largest absolute Gasteiger partial charge is 0.508 e. The number of benzene rings is 3. The molecule has 1 atom stereocenters. The van der Waals surface area contributed by atoms with Gasteiger partial charge in [0.2, 0.25) is 0 Å². The molecule has 168 valence electrons. The van der Waals surface area contributed by atoms with E-state index >= 15 is 0 Å². The van der Waals surface area contributed by atoms with Gasteiger partial charge in [0.1, 0.15) is 18.1 Å². The van der Waals surface area contributed by atoms with Crippen molar-refractivity contribution in [1.29, 1.82) is 0 Å². The highest BCUT2D eigenvalue weighted by molar-refractivity contribution is 5.84. The van der Waals surface area contributed by atoms with E-state index in [1.807, 2.05) is 36.4 Å². The fourth-order valence-electron chi connectivity index (χ4n) is 3.11. The first kappa shape index (κ1) is 23.2. The Bertz CT molecular complexity index is 1040. The lowest BCUT2D eigenvalue weighted by molar-refractivity contribution is -0.148. The molecule has 0 aliphatic carbocycles. The van der Waals surface area contributed by atoms with Gasteiger partial charge in [-0.15, -0.1) is 0 Å². The normalized spacial score (nSPS) is 12.2. The van der Waals surface area contributed by atoms with E-state index in [4.69, 9.17) is 10.5 Å². The third-order valence-corrected chi connectivity index (χ3v) is 5.09. The van der Waals surface area contributed by atoms with Crippen LogP contribution in [0.4, 0.5) is 8.78 Å². The third-order valence-electron chi connectivity index (χ3n) is 5.09. The number of ether oxygens (including phenoxy) is 1. The Morgan fingerprint density at radius 3 is 2.38 bits per heavy atom. The molecular formula is C25H26F2N2O3. The summed E-state index contributed by atoms with van der Waals surface area (Å²) in [6, 6.07) is 20.1. The molecule has 4 N–H and O–H groups in total. The second-order valence-corrected chi connectivity index (χ2v) is 7.51. The Morgan fingerprint density at radius 2 is 1.72 bits per heavy atom. The Hall–Kier alpha value is -3.45. The highest BCUT2D eigenvalue weighted by Crippen LogP contribution is 2.30. The topological polar surface area (TPSA) is 84.6 Å². The minimum absolute atomic E-state index is 0.00388. The summed E-state index contributed by atoms with van der Waals surface area (Å²) >= 11 is 0. The number of carbonyl (C=O) groups excluding carboxylic acids is 1. The molecule has 0 aliphatic heterocycles. The zero-order chi connectivity index (χ0) is 23.1. The van der Waals surface area contributed by atoms with Crippen LogP contribution in [0.2, 0.25) is 0 Å².